The third-order valence-electron chi connectivity index (χ3n) is 5.56. The lowest BCUT2D eigenvalue weighted by Gasteiger charge is -2.26. The third kappa shape index (κ3) is 4.75. The Labute approximate surface area is 168 Å². The van der Waals surface area contributed by atoms with E-state index in [9.17, 15) is 0 Å². The zero-order valence-electron chi connectivity index (χ0n) is 16.7. The van der Waals surface area contributed by atoms with E-state index in [1.54, 1.807) is 0 Å². The zero-order valence-corrected chi connectivity index (χ0v) is 16.7. The van der Waals surface area contributed by atoms with Crippen LogP contribution >= 0.6 is 0 Å². The average Bonchev–Trinajstić information content (AvgIpc) is 2.73. The van der Waals surface area contributed by atoms with Crippen LogP contribution in [0.3, 0.4) is 0 Å². The quantitative estimate of drug-likeness (QED) is 0.464. The van der Waals surface area contributed by atoms with Crippen molar-refractivity contribution in [1.29, 1.82) is 0 Å². The molecule has 0 aliphatic heterocycles. The summed E-state index contributed by atoms with van der Waals surface area (Å²) in [5, 5.41) is 0. The molecular weight excluding hydrogens is 344 g/mol. The van der Waals surface area contributed by atoms with Crippen LogP contribution in [0.2, 0.25) is 0 Å². The molecule has 2 heteroatoms. The number of aryl methyl sites for hydroxylation is 1. The first kappa shape index (κ1) is 18.6. The lowest BCUT2D eigenvalue weighted by atomic mass is 9.89. The summed E-state index contributed by atoms with van der Waals surface area (Å²) in [5.74, 6) is 3.53. The Morgan fingerprint density at radius 1 is 0.607 bits per heavy atom. The van der Waals surface area contributed by atoms with E-state index in [0.29, 0.717) is 6.10 Å². The van der Waals surface area contributed by atoms with Crippen molar-refractivity contribution >= 4 is 0 Å². The Bertz CT molecular complexity index is 871. The Morgan fingerprint density at radius 2 is 1.07 bits per heavy atom. The third-order valence-corrected chi connectivity index (χ3v) is 5.56. The summed E-state index contributed by atoms with van der Waals surface area (Å²) in [4.78, 5) is 0. The van der Waals surface area contributed by atoms with Gasteiger partial charge in [0.15, 0.2) is 0 Å². The Hall–Kier alpha value is -2.74. The van der Waals surface area contributed by atoms with Crippen LogP contribution < -0.4 is 9.47 Å². The zero-order chi connectivity index (χ0) is 19.3. The van der Waals surface area contributed by atoms with E-state index in [1.165, 1.54) is 42.4 Å². The number of benzene rings is 3. The van der Waals surface area contributed by atoms with E-state index in [1.807, 2.05) is 24.3 Å². The molecule has 1 aliphatic rings. The van der Waals surface area contributed by atoms with Gasteiger partial charge in [0.1, 0.15) is 17.2 Å². The minimum Gasteiger partial charge on any atom is -0.490 e. The molecule has 3 aromatic rings. The maximum atomic E-state index is 6.17. The van der Waals surface area contributed by atoms with Crippen LogP contribution in [-0.4, -0.2) is 6.10 Å². The van der Waals surface area contributed by atoms with Crippen LogP contribution in [-0.2, 0) is 0 Å². The molecule has 0 N–H and O–H groups in total. The van der Waals surface area contributed by atoms with Gasteiger partial charge in [-0.25, -0.2) is 0 Å². The van der Waals surface area contributed by atoms with Crippen molar-refractivity contribution in [2.24, 2.45) is 5.92 Å². The van der Waals surface area contributed by atoms with Crippen LogP contribution in [0.15, 0.2) is 72.8 Å². The summed E-state index contributed by atoms with van der Waals surface area (Å²) in [6.07, 6.45) is 5.27. The normalized spacial score (nSPS) is 19.2. The van der Waals surface area contributed by atoms with Crippen molar-refractivity contribution in [3.63, 3.8) is 0 Å². The highest BCUT2D eigenvalue weighted by Gasteiger charge is 2.19. The lowest BCUT2D eigenvalue weighted by Crippen LogP contribution is -2.22. The lowest BCUT2D eigenvalue weighted by molar-refractivity contribution is 0.135. The fourth-order valence-electron chi connectivity index (χ4n) is 3.72. The molecule has 1 fully saturated rings. The van der Waals surface area contributed by atoms with Gasteiger partial charge in [-0.3, -0.25) is 0 Å². The molecule has 0 atom stereocenters. The summed E-state index contributed by atoms with van der Waals surface area (Å²) < 4.78 is 12.1. The number of hydrogen-bond acceptors (Lipinski definition) is 2. The molecule has 28 heavy (non-hydrogen) atoms. The van der Waals surface area contributed by atoms with Crippen molar-refractivity contribution < 1.29 is 9.47 Å². The van der Waals surface area contributed by atoms with Crippen LogP contribution in [0.5, 0.6) is 17.2 Å². The summed E-state index contributed by atoms with van der Waals surface area (Å²) in [7, 11) is 0. The smallest absolute Gasteiger partial charge is 0.127 e. The van der Waals surface area contributed by atoms with Gasteiger partial charge in [0.2, 0.25) is 0 Å². The highest BCUT2D eigenvalue weighted by molar-refractivity contribution is 5.65. The van der Waals surface area contributed by atoms with Gasteiger partial charge in [-0.2, -0.15) is 0 Å². The summed E-state index contributed by atoms with van der Waals surface area (Å²) in [6.45, 7) is 4.41. The van der Waals surface area contributed by atoms with E-state index in [0.717, 1.165) is 23.2 Å². The van der Waals surface area contributed by atoms with Gasteiger partial charge in [-0.15, -0.1) is 0 Å². The fourth-order valence-corrected chi connectivity index (χ4v) is 3.72. The number of ether oxygens (including phenoxy) is 2. The van der Waals surface area contributed by atoms with E-state index in [4.69, 9.17) is 9.47 Å². The molecule has 1 saturated carbocycles. The summed E-state index contributed by atoms with van der Waals surface area (Å²) in [6, 6.07) is 24.8. The van der Waals surface area contributed by atoms with Gasteiger partial charge in [0, 0.05) is 0 Å². The first-order chi connectivity index (χ1) is 13.7. The fraction of sp³-hybridized carbons (Fsp3) is 0.308. The van der Waals surface area contributed by atoms with Crippen LogP contribution in [0, 0.1) is 12.8 Å². The van der Waals surface area contributed by atoms with Crippen molar-refractivity contribution in [2.75, 3.05) is 0 Å². The second kappa shape index (κ2) is 8.52. The van der Waals surface area contributed by atoms with Gasteiger partial charge in [-0.1, -0.05) is 48.9 Å². The Morgan fingerprint density at radius 3 is 1.61 bits per heavy atom. The minimum absolute atomic E-state index is 0.375. The minimum atomic E-state index is 0.375. The Kier molecular flexibility index (Phi) is 5.66. The summed E-state index contributed by atoms with van der Waals surface area (Å²) in [5.41, 5.74) is 3.59. The summed E-state index contributed by atoms with van der Waals surface area (Å²) >= 11 is 0. The Balaban J connectivity index is 1.38. The van der Waals surface area contributed by atoms with Crippen LogP contribution in [0.1, 0.15) is 38.2 Å². The predicted molar refractivity (Wildman–Crippen MR) is 115 cm³/mol. The van der Waals surface area contributed by atoms with Crippen molar-refractivity contribution in [3.8, 4) is 28.4 Å². The molecule has 0 bridgehead atoms. The molecule has 2 nitrogen and oxygen atoms in total. The largest absolute Gasteiger partial charge is 0.490 e. The second-order valence-corrected chi connectivity index (χ2v) is 7.96. The van der Waals surface area contributed by atoms with Crippen molar-refractivity contribution in [2.45, 2.75) is 45.6 Å². The highest BCUT2D eigenvalue weighted by atomic mass is 16.5. The molecule has 4 rings (SSSR count). The maximum absolute atomic E-state index is 6.17. The molecule has 1 aliphatic carbocycles. The molecule has 0 unspecified atom stereocenters. The van der Waals surface area contributed by atoms with Crippen molar-refractivity contribution in [1.82, 2.24) is 0 Å². The van der Waals surface area contributed by atoms with Gasteiger partial charge in [0.05, 0.1) is 6.10 Å². The number of hydrogen-bond donors (Lipinski definition) is 0. The van der Waals surface area contributed by atoms with E-state index in [-0.39, 0.29) is 0 Å². The van der Waals surface area contributed by atoms with E-state index >= 15 is 0 Å². The SMILES string of the molecule is Cc1ccc(Oc2ccc(-c3ccc(OC4CCC(C)CC4)cc3)cc2)cc1. The van der Waals surface area contributed by atoms with Gasteiger partial charge in [-0.05, 0) is 86.1 Å². The van der Waals surface area contributed by atoms with Crippen molar-refractivity contribution in [3.05, 3.63) is 78.4 Å². The molecular formula is C26H28O2. The molecule has 0 aromatic heterocycles. The van der Waals surface area contributed by atoms with Gasteiger partial charge >= 0.3 is 0 Å². The first-order valence-corrected chi connectivity index (χ1v) is 10.3. The van der Waals surface area contributed by atoms with Gasteiger partial charge in [0.25, 0.3) is 0 Å². The molecule has 0 amide bonds. The standard InChI is InChI=1S/C26H28O2/c1-19-3-11-23(12-4-19)27-25-15-7-21(8-16-25)22-9-17-26(18-10-22)28-24-13-5-20(2)6-14-24/h3-4,7-12,15-18,20,24H,5-6,13-14H2,1-2H3. The van der Waals surface area contributed by atoms with E-state index in [2.05, 4.69) is 62.4 Å². The van der Waals surface area contributed by atoms with Crippen LogP contribution in [0.25, 0.3) is 11.1 Å². The molecule has 0 spiro atoms. The molecule has 0 radical (unpaired) electrons. The number of rotatable bonds is 5. The first-order valence-electron chi connectivity index (χ1n) is 10.3. The highest BCUT2D eigenvalue weighted by Crippen LogP contribution is 2.30. The molecule has 144 valence electrons. The average molecular weight is 373 g/mol. The molecule has 0 saturated heterocycles. The molecule has 3 aromatic carbocycles. The van der Waals surface area contributed by atoms with E-state index < -0.39 is 0 Å². The topological polar surface area (TPSA) is 18.5 Å². The monoisotopic (exact) mass is 372 g/mol. The molecule has 0 heterocycles. The second-order valence-electron chi connectivity index (χ2n) is 7.96. The van der Waals surface area contributed by atoms with Gasteiger partial charge < -0.3 is 9.47 Å². The maximum Gasteiger partial charge on any atom is 0.127 e. The predicted octanol–water partition coefficient (Wildman–Crippen LogP) is 7.41. The van der Waals surface area contributed by atoms with Crippen LogP contribution in [0.4, 0.5) is 0 Å².